The Morgan fingerprint density at radius 2 is 1.98 bits per heavy atom. The smallest absolute Gasteiger partial charge is 0.222 e. The molecule has 9 N–H and O–H groups in total. The molecule has 2 aromatic rings. The Hall–Kier alpha value is -4.40. The van der Waals surface area contributed by atoms with Gasteiger partial charge in [0.2, 0.25) is 17.2 Å². The summed E-state index contributed by atoms with van der Waals surface area (Å²) in [5.41, 5.74) is 0.734. The van der Waals surface area contributed by atoms with Gasteiger partial charge in [0.25, 0.3) is 0 Å². The molecule has 0 bridgehead atoms. The third-order valence-electron chi connectivity index (χ3n) is 12.4. The van der Waals surface area contributed by atoms with Gasteiger partial charge in [0.05, 0.1) is 23.8 Å². The van der Waals surface area contributed by atoms with E-state index in [4.69, 9.17) is 18.9 Å². The van der Waals surface area contributed by atoms with E-state index in [0.717, 1.165) is 21.9 Å². The van der Waals surface area contributed by atoms with Crippen LogP contribution in [0.25, 0.3) is 11.0 Å². The fourth-order valence-corrected chi connectivity index (χ4v) is 9.05. The number of aliphatic hydroxyl groups is 5. The number of amides is 1. The van der Waals surface area contributed by atoms with Gasteiger partial charge in [0.1, 0.15) is 73.1 Å². The number of ether oxygens (including phenoxy) is 1. The van der Waals surface area contributed by atoms with E-state index >= 15 is 0 Å². The van der Waals surface area contributed by atoms with Crippen LogP contribution in [0.3, 0.4) is 0 Å². The first-order chi connectivity index (χ1) is 27.9. The normalized spacial score (nSPS) is 29.3. The zero-order chi connectivity index (χ0) is 40.8. The molecule has 58 heavy (non-hydrogen) atoms. The highest BCUT2D eigenvalue weighted by Gasteiger charge is 2.53. The lowest BCUT2D eigenvalue weighted by atomic mass is 9.79. The Morgan fingerprint density at radius 3 is 2.74 bits per heavy atom. The molecule has 1 aromatic heterocycles. The van der Waals surface area contributed by atoms with Crippen molar-refractivity contribution in [1.82, 2.24) is 10.6 Å². The number of aliphatic hydroxyl groups excluding tert-OH is 4. The number of hydrogen-bond acceptors (Lipinski definition) is 14. The highest BCUT2D eigenvalue weighted by molar-refractivity contribution is 6.07. The molecule has 0 radical (unpaired) electrons. The molecule has 7 heterocycles. The number of rotatable bonds is 17. The van der Waals surface area contributed by atoms with E-state index in [0.29, 0.717) is 83.9 Å². The van der Waals surface area contributed by atoms with Gasteiger partial charge in [-0.25, -0.2) is 9.78 Å². The van der Waals surface area contributed by atoms with Gasteiger partial charge in [-0.05, 0) is 57.5 Å². The van der Waals surface area contributed by atoms with Crippen molar-refractivity contribution in [2.24, 2.45) is 15.9 Å². The predicted octanol–water partition coefficient (Wildman–Crippen LogP) is -2.44. The number of aryl methyl sites for hydroxylation is 1. The summed E-state index contributed by atoms with van der Waals surface area (Å²) in [6, 6.07) is 2.95. The number of quaternary nitrogens is 2. The summed E-state index contributed by atoms with van der Waals surface area (Å²) >= 11 is 0. The molecule has 6 aliphatic heterocycles. The monoisotopic (exact) mass is 804 g/mol. The Balaban J connectivity index is 1.13. The summed E-state index contributed by atoms with van der Waals surface area (Å²) in [6.07, 6.45) is 8.46. The molecule has 0 spiro atoms. The van der Waals surface area contributed by atoms with Crippen LogP contribution in [0, 0.1) is 12.8 Å². The van der Waals surface area contributed by atoms with E-state index in [1.165, 1.54) is 6.07 Å². The summed E-state index contributed by atoms with van der Waals surface area (Å²) in [5, 5.41) is 61.3. The van der Waals surface area contributed by atoms with Crippen molar-refractivity contribution in [3.8, 4) is 5.75 Å². The van der Waals surface area contributed by atoms with Gasteiger partial charge in [-0.15, -0.1) is 0 Å². The van der Waals surface area contributed by atoms with E-state index in [1.807, 2.05) is 25.4 Å². The minimum atomic E-state index is -2.37. The molecule has 17 heteroatoms. The number of allylic oxidation sites excluding steroid dienone is 1. The number of benzene rings is 1. The molecular formula is C41H52N6O11+2. The van der Waals surface area contributed by atoms with Crippen LogP contribution in [0.1, 0.15) is 37.0 Å². The summed E-state index contributed by atoms with van der Waals surface area (Å²) in [5.74, 6) is 1.05. The fourth-order valence-electron chi connectivity index (χ4n) is 9.05. The highest BCUT2D eigenvalue weighted by atomic mass is 17.2. The topological polar surface area (TPSA) is 234 Å². The summed E-state index contributed by atoms with van der Waals surface area (Å²) in [4.78, 5) is 48.2. The fraction of sp³-hybridized carbons (Fsp3) is 0.512. The predicted molar refractivity (Wildman–Crippen MR) is 210 cm³/mol. The number of nitrogens with one attached hydrogen (secondary N) is 4. The van der Waals surface area contributed by atoms with Crippen LogP contribution < -0.4 is 30.6 Å². The zero-order valence-electron chi connectivity index (χ0n) is 32.5. The quantitative estimate of drug-likeness (QED) is 0.0600. The Kier molecular flexibility index (Phi) is 11.4. The van der Waals surface area contributed by atoms with Crippen LogP contribution in [0.2, 0.25) is 0 Å². The molecule has 1 aromatic carbocycles. The van der Waals surface area contributed by atoms with Crippen molar-refractivity contribution < 1.29 is 59.1 Å². The van der Waals surface area contributed by atoms with Gasteiger partial charge >= 0.3 is 0 Å². The molecule has 17 nitrogen and oxygen atoms in total. The second kappa shape index (κ2) is 16.3. The molecule has 8 rings (SSSR count). The van der Waals surface area contributed by atoms with Crippen LogP contribution in [0.4, 0.5) is 5.69 Å². The van der Waals surface area contributed by atoms with Gasteiger partial charge in [0.15, 0.2) is 22.8 Å². The van der Waals surface area contributed by atoms with Crippen molar-refractivity contribution >= 4 is 34.0 Å². The van der Waals surface area contributed by atoms with E-state index in [-0.39, 0.29) is 36.3 Å². The molecule has 0 saturated carbocycles. The second-order valence-electron chi connectivity index (χ2n) is 16.2. The van der Waals surface area contributed by atoms with Gasteiger partial charge < -0.3 is 45.3 Å². The minimum absolute atomic E-state index is 0.0126. The van der Waals surface area contributed by atoms with Crippen LogP contribution in [0.15, 0.2) is 79.9 Å². The third-order valence-corrected chi connectivity index (χ3v) is 12.4. The van der Waals surface area contributed by atoms with Gasteiger partial charge in [-0.2, -0.15) is 0 Å². The second-order valence-corrected chi connectivity index (χ2v) is 16.2. The molecule has 3 unspecified atom stereocenters. The average molecular weight is 805 g/mol. The lowest BCUT2D eigenvalue weighted by Crippen LogP contribution is -3.13. The maximum atomic E-state index is 13.5. The van der Waals surface area contributed by atoms with E-state index in [9.17, 15) is 35.1 Å². The summed E-state index contributed by atoms with van der Waals surface area (Å²) in [7, 11) is 1.83. The number of hydrogen-bond donors (Lipinski definition) is 9. The molecule has 1 fully saturated rings. The van der Waals surface area contributed by atoms with Crippen LogP contribution >= 0.6 is 0 Å². The maximum Gasteiger partial charge on any atom is 0.222 e. The Morgan fingerprint density at radius 1 is 1.14 bits per heavy atom. The molecular weight excluding hydrogens is 752 g/mol. The number of carbonyl (C=O) groups is 1. The largest absolute Gasteiger partial charge is 0.478 e. The van der Waals surface area contributed by atoms with Crippen molar-refractivity contribution in [3.05, 3.63) is 82.3 Å². The summed E-state index contributed by atoms with van der Waals surface area (Å²) in [6.45, 7) is 1.52. The van der Waals surface area contributed by atoms with Crippen molar-refractivity contribution in [3.63, 3.8) is 0 Å². The van der Waals surface area contributed by atoms with Crippen LogP contribution in [-0.2, 0) is 21.0 Å². The van der Waals surface area contributed by atoms with Crippen LogP contribution in [0.5, 0.6) is 5.75 Å². The Bertz CT molecular complexity index is 2180. The first kappa shape index (κ1) is 40.4. The molecule has 10 atom stereocenters. The van der Waals surface area contributed by atoms with Crippen molar-refractivity contribution in [2.75, 3.05) is 46.4 Å². The Labute approximate surface area is 334 Å². The summed E-state index contributed by atoms with van der Waals surface area (Å²) < 4.78 is 13.6. The highest BCUT2D eigenvalue weighted by Crippen LogP contribution is 2.46. The molecule has 6 aliphatic rings. The van der Waals surface area contributed by atoms with Crippen LogP contribution in [-0.4, -0.2) is 131 Å². The van der Waals surface area contributed by atoms with E-state index in [1.54, 1.807) is 37.7 Å². The van der Waals surface area contributed by atoms with Crippen molar-refractivity contribution in [1.29, 1.82) is 0 Å². The average Bonchev–Trinajstić information content (AvgIpc) is 4.05. The number of carbonyl (C=O) groups excluding carboxylic acids is 1. The SMILES string of the molecule is CNCC[C@]1(CC[C@@H]2CNC(=O)C2)Oc2c(cc3c(=O)cc(C)oc3c2[NH+]2C=C3C=CN=C3C2)C[C@H]1OOC[C@H](O)[C@](O)(C[NH+]1C=CC2=NC=CC21)[C@H](O)[C@H](O)CO. The standard InChI is InChI=1S/C41H50N6O11/c1-23-13-31(49)27-15-26-16-34(58-55-21-33(51)41(54,39(53)32(50)20-48)22-46-12-6-28-30(46)5-10-43-28)40(8-11-42-2,7-3-24-14-35(52)45-17-24)57-37(26)36(38(27)56-23)47-18-25-4-9-44-29(25)19-47/h4-6,9-10,12-13,15,18,24,30,32-34,39,42,48,50-51,53-54H,3,7-8,11,14,16-17,19-22H2,1-2H3,(H,45,52)/p+2/t24-,30?,32+,33-,34+,39+,40-,41+/m0/s1. The van der Waals surface area contributed by atoms with Gasteiger partial charge in [0, 0.05) is 55.9 Å². The molecule has 1 saturated heterocycles. The third kappa shape index (κ3) is 7.51. The van der Waals surface area contributed by atoms with Crippen molar-refractivity contribution in [2.45, 2.75) is 80.7 Å². The number of fused-ring (bicyclic) bond motifs is 4. The number of aliphatic imine (C=N–C) groups is 2. The lowest BCUT2D eigenvalue weighted by molar-refractivity contribution is -0.861. The minimum Gasteiger partial charge on any atom is -0.478 e. The van der Waals surface area contributed by atoms with Gasteiger partial charge in [-0.1, -0.05) is 0 Å². The maximum absolute atomic E-state index is 13.5. The molecule has 0 aliphatic carbocycles. The first-order valence-corrected chi connectivity index (χ1v) is 19.9. The zero-order valence-corrected chi connectivity index (χ0v) is 32.5. The van der Waals surface area contributed by atoms with E-state index < -0.39 is 48.8 Å². The lowest BCUT2D eigenvalue weighted by Gasteiger charge is -2.45. The first-order valence-electron chi connectivity index (χ1n) is 19.9. The molecule has 1 amide bonds. The molecule has 310 valence electrons. The number of nitrogens with zero attached hydrogens (tertiary/aromatic N) is 2. The van der Waals surface area contributed by atoms with E-state index in [2.05, 4.69) is 20.6 Å². The van der Waals surface area contributed by atoms with Gasteiger partial charge in [-0.3, -0.25) is 29.4 Å².